The first kappa shape index (κ1) is 16.2. The van der Waals surface area contributed by atoms with Crippen molar-refractivity contribution in [2.75, 3.05) is 6.26 Å². The highest BCUT2D eigenvalue weighted by molar-refractivity contribution is 7.90. The van der Waals surface area contributed by atoms with Gasteiger partial charge in [-0.1, -0.05) is 42.5 Å². The van der Waals surface area contributed by atoms with Crippen molar-refractivity contribution in [2.24, 2.45) is 0 Å². The average Bonchev–Trinajstić information content (AvgIpc) is 2.59. The standard InChI is InChI=1S/C19H17NO3S/c1-24(22,23)17-11-9-15(10-12-17)19(21)20-13-16-7-4-6-14-5-2-3-8-18(14)16/h2-12H,13H2,1H3,(H,20,21). The molecule has 3 aromatic carbocycles. The van der Waals surface area contributed by atoms with Gasteiger partial charge in [0.2, 0.25) is 0 Å². The lowest BCUT2D eigenvalue weighted by atomic mass is 10.0. The number of hydrogen-bond donors (Lipinski definition) is 1. The highest BCUT2D eigenvalue weighted by Crippen LogP contribution is 2.18. The van der Waals surface area contributed by atoms with Gasteiger partial charge < -0.3 is 5.32 Å². The zero-order valence-corrected chi connectivity index (χ0v) is 14.0. The molecule has 3 rings (SSSR count). The van der Waals surface area contributed by atoms with E-state index in [1.54, 1.807) is 0 Å². The van der Waals surface area contributed by atoms with Crippen molar-refractivity contribution >= 4 is 26.5 Å². The third-order valence-electron chi connectivity index (χ3n) is 3.86. The SMILES string of the molecule is CS(=O)(=O)c1ccc(C(=O)NCc2cccc3ccccc23)cc1. The average molecular weight is 339 g/mol. The van der Waals surface area contributed by atoms with Crippen molar-refractivity contribution in [3.63, 3.8) is 0 Å². The third kappa shape index (κ3) is 3.46. The molecule has 4 nitrogen and oxygen atoms in total. The van der Waals surface area contributed by atoms with Gasteiger partial charge in [-0.25, -0.2) is 8.42 Å². The first-order valence-electron chi connectivity index (χ1n) is 7.50. The smallest absolute Gasteiger partial charge is 0.251 e. The number of hydrogen-bond acceptors (Lipinski definition) is 3. The normalized spacial score (nSPS) is 11.4. The van der Waals surface area contributed by atoms with E-state index < -0.39 is 9.84 Å². The molecule has 0 atom stereocenters. The minimum atomic E-state index is -3.26. The maximum Gasteiger partial charge on any atom is 0.251 e. The zero-order valence-electron chi connectivity index (χ0n) is 13.2. The summed E-state index contributed by atoms with van der Waals surface area (Å²) in [6, 6.07) is 19.9. The molecule has 0 saturated carbocycles. The number of amides is 1. The van der Waals surface area contributed by atoms with E-state index in [0.29, 0.717) is 12.1 Å². The van der Waals surface area contributed by atoms with E-state index in [-0.39, 0.29) is 10.8 Å². The van der Waals surface area contributed by atoms with Gasteiger partial charge in [0.05, 0.1) is 4.90 Å². The van der Waals surface area contributed by atoms with Gasteiger partial charge in [0.15, 0.2) is 9.84 Å². The number of nitrogens with one attached hydrogen (secondary N) is 1. The summed E-state index contributed by atoms with van der Waals surface area (Å²) < 4.78 is 22.9. The molecule has 24 heavy (non-hydrogen) atoms. The van der Waals surface area contributed by atoms with Crippen molar-refractivity contribution in [1.29, 1.82) is 0 Å². The van der Waals surface area contributed by atoms with Crippen molar-refractivity contribution in [3.8, 4) is 0 Å². The van der Waals surface area contributed by atoms with Crippen molar-refractivity contribution < 1.29 is 13.2 Å². The number of benzene rings is 3. The van der Waals surface area contributed by atoms with Crippen LogP contribution in [0.2, 0.25) is 0 Å². The van der Waals surface area contributed by atoms with Gasteiger partial charge in [0.25, 0.3) is 5.91 Å². The fourth-order valence-corrected chi connectivity index (χ4v) is 3.21. The topological polar surface area (TPSA) is 63.2 Å². The van der Waals surface area contributed by atoms with Gasteiger partial charge in [0, 0.05) is 18.4 Å². The summed E-state index contributed by atoms with van der Waals surface area (Å²) in [5.74, 6) is -0.233. The molecular formula is C19H17NO3S. The van der Waals surface area contributed by atoms with Crippen molar-refractivity contribution in [3.05, 3.63) is 77.9 Å². The van der Waals surface area contributed by atoms with E-state index >= 15 is 0 Å². The Morgan fingerprint density at radius 2 is 1.58 bits per heavy atom. The summed E-state index contributed by atoms with van der Waals surface area (Å²) in [5, 5.41) is 5.11. The van der Waals surface area contributed by atoms with Crippen LogP contribution in [0.3, 0.4) is 0 Å². The second kappa shape index (κ2) is 6.45. The summed E-state index contributed by atoms with van der Waals surface area (Å²) in [7, 11) is -3.26. The fourth-order valence-electron chi connectivity index (χ4n) is 2.58. The summed E-state index contributed by atoms with van der Waals surface area (Å²) in [4.78, 5) is 12.5. The van der Waals surface area contributed by atoms with Gasteiger partial charge in [-0.2, -0.15) is 0 Å². The first-order valence-corrected chi connectivity index (χ1v) is 9.39. The molecule has 3 aromatic rings. The van der Waals surface area contributed by atoms with Gasteiger partial charge in [-0.3, -0.25) is 4.79 Å². The molecule has 1 N–H and O–H groups in total. The van der Waals surface area contributed by atoms with Gasteiger partial charge in [-0.05, 0) is 40.6 Å². The number of carbonyl (C=O) groups excluding carboxylic acids is 1. The molecule has 0 radical (unpaired) electrons. The van der Waals surface area contributed by atoms with E-state index in [9.17, 15) is 13.2 Å². The van der Waals surface area contributed by atoms with Crippen LogP contribution >= 0.6 is 0 Å². The van der Waals surface area contributed by atoms with E-state index in [0.717, 1.165) is 22.6 Å². The van der Waals surface area contributed by atoms with Crippen molar-refractivity contribution in [2.45, 2.75) is 11.4 Å². The predicted octanol–water partition coefficient (Wildman–Crippen LogP) is 3.17. The van der Waals surface area contributed by atoms with Crippen LogP contribution in [-0.4, -0.2) is 20.6 Å². The second-order valence-electron chi connectivity index (χ2n) is 5.62. The molecule has 5 heteroatoms. The summed E-state index contributed by atoms with van der Waals surface area (Å²) in [6.07, 6.45) is 1.14. The maximum atomic E-state index is 12.3. The van der Waals surface area contributed by atoms with Crippen LogP contribution in [0.5, 0.6) is 0 Å². The quantitative estimate of drug-likeness (QED) is 0.794. The van der Waals surface area contributed by atoms with E-state index in [4.69, 9.17) is 0 Å². The lowest BCUT2D eigenvalue weighted by molar-refractivity contribution is 0.0951. The predicted molar refractivity (Wildman–Crippen MR) is 94.7 cm³/mol. The van der Waals surface area contributed by atoms with Crippen LogP contribution in [0.15, 0.2) is 71.6 Å². The minimum absolute atomic E-state index is 0.202. The molecule has 0 aliphatic carbocycles. The summed E-state index contributed by atoms with van der Waals surface area (Å²) in [6.45, 7) is 0.411. The molecule has 0 unspecified atom stereocenters. The number of fused-ring (bicyclic) bond motifs is 1. The summed E-state index contributed by atoms with van der Waals surface area (Å²) >= 11 is 0. The molecule has 0 aliphatic heterocycles. The Labute approximate surface area is 141 Å². The molecule has 0 spiro atoms. The third-order valence-corrected chi connectivity index (χ3v) is 4.99. The Hall–Kier alpha value is -2.66. The molecule has 122 valence electrons. The highest BCUT2D eigenvalue weighted by Gasteiger charge is 2.10. The molecular weight excluding hydrogens is 322 g/mol. The fraction of sp³-hybridized carbons (Fsp3) is 0.105. The molecule has 0 heterocycles. The van der Waals surface area contributed by atoms with Crippen LogP contribution in [0.4, 0.5) is 0 Å². The Balaban J connectivity index is 1.75. The Bertz CT molecular complexity index is 987. The Morgan fingerprint density at radius 1 is 0.917 bits per heavy atom. The lowest BCUT2D eigenvalue weighted by Gasteiger charge is -2.09. The highest BCUT2D eigenvalue weighted by atomic mass is 32.2. The van der Waals surface area contributed by atoms with Crippen LogP contribution < -0.4 is 5.32 Å². The number of carbonyl (C=O) groups is 1. The molecule has 0 aromatic heterocycles. The van der Waals surface area contributed by atoms with Crippen LogP contribution in [-0.2, 0) is 16.4 Å². The molecule has 1 amide bonds. The number of sulfone groups is 1. The van der Waals surface area contributed by atoms with E-state index in [1.165, 1.54) is 24.3 Å². The van der Waals surface area contributed by atoms with Gasteiger partial charge in [-0.15, -0.1) is 0 Å². The summed E-state index contributed by atoms with van der Waals surface area (Å²) in [5.41, 5.74) is 1.47. The number of rotatable bonds is 4. The molecule has 0 aliphatic rings. The van der Waals surface area contributed by atoms with Crippen molar-refractivity contribution in [1.82, 2.24) is 5.32 Å². The Morgan fingerprint density at radius 3 is 2.29 bits per heavy atom. The monoisotopic (exact) mass is 339 g/mol. The van der Waals surface area contributed by atoms with E-state index in [1.807, 2.05) is 42.5 Å². The Kier molecular flexibility index (Phi) is 4.36. The lowest BCUT2D eigenvalue weighted by Crippen LogP contribution is -2.22. The second-order valence-corrected chi connectivity index (χ2v) is 7.63. The molecule has 0 bridgehead atoms. The van der Waals surface area contributed by atoms with Crippen LogP contribution in [0.1, 0.15) is 15.9 Å². The molecule has 0 fully saturated rings. The maximum absolute atomic E-state index is 12.3. The largest absolute Gasteiger partial charge is 0.348 e. The molecule has 0 saturated heterocycles. The van der Waals surface area contributed by atoms with Crippen LogP contribution in [0, 0.1) is 0 Å². The van der Waals surface area contributed by atoms with Gasteiger partial charge >= 0.3 is 0 Å². The minimum Gasteiger partial charge on any atom is -0.348 e. The zero-order chi connectivity index (χ0) is 17.2. The van der Waals surface area contributed by atoms with Crippen LogP contribution in [0.25, 0.3) is 10.8 Å². The van der Waals surface area contributed by atoms with E-state index in [2.05, 4.69) is 5.32 Å². The van der Waals surface area contributed by atoms with Gasteiger partial charge in [0.1, 0.15) is 0 Å². The first-order chi connectivity index (χ1) is 11.4.